The van der Waals surface area contributed by atoms with Crippen LogP contribution in [0.5, 0.6) is 0 Å². The van der Waals surface area contributed by atoms with Crippen molar-refractivity contribution in [2.24, 2.45) is 0 Å². The predicted molar refractivity (Wildman–Crippen MR) is 127 cm³/mol. The van der Waals surface area contributed by atoms with Crippen LogP contribution in [0.2, 0.25) is 5.02 Å². The molecule has 34 heavy (non-hydrogen) atoms. The van der Waals surface area contributed by atoms with Gasteiger partial charge in [0.15, 0.2) is 5.60 Å². The molecule has 0 spiro atoms. The van der Waals surface area contributed by atoms with E-state index < -0.39 is 30.4 Å². The Balaban J connectivity index is 1.82. The number of Topliss-reactive ketones (excluding diaryl/α,β-unsaturated/α-hetero) is 1. The van der Waals surface area contributed by atoms with Gasteiger partial charge in [0.05, 0.1) is 20.6 Å². The molecule has 184 valence electrons. The van der Waals surface area contributed by atoms with E-state index in [-0.39, 0.29) is 18.0 Å². The highest BCUT2D eigenvalue weighted by Crippen LogP contribution is 2.29. The number of aryl methyl sites for hydroxylation is 1. The van der Waals surface area contributed by atoms with Crippen molar-refractivity contribution in [1.29, 1.82) is 0 Å². The van der Waals surface area contributed by atoms with Crippen LogP contribution in [-0.4, -0.2) is 42.6 Å². The van der Waals surface area contributed by atoms with Crippen molar-refractivity contribution in [2.75, 3.05) is 14.2 Å². The molecule has 2 rings (SSSR count). The first-order valence-electron chi connectivity index (χ1n) is 11.1. The quantitative estimate of drug-likeness (QED) is 0.310. The van der Waals surface area contributed by atoms with Crippen LogP contribution in [0.3, 0.4) is 0 Å². The fourth-order valence-corrected chi connectivity index (χ4v) is 3.95. The number of carbonyl (C=O) groups is 3. The van der Waals surface area contributed by atoms with Gasteiger partial charge in [-0.2, -0.15) is 0 Å². The Kier molecular flexibility index (Phi) is 10.7. The lowest BCUT2D eigenvalue weighted by Crippen LogP contribution is -2.43. The predicted octanol–water partition coefficient (Wildman–Crippen LogP) is 5.07. The van der Waals surface area contributed by atoms with Gasteiger partial charge in [0, 0.05) is 17.9 Å². The second-order valence-corrected chi connectivity index (χ2v) is 8.65. The monoisotopic (exact) mass is 492 g/mol. The summed E-state index contributed by atoms with van der Waals surface area (Å²) in [5, 5.41) is 11.1. The summed E-state index contributed by atoms with van der Waals surface area (Å²) in [5.41, 5.74) is 0.757. The number of rotatable bonds is 13. The number of esters is 2. The van der Waals surface area contributed by atoms with Gasteiger partial charge in [-0.15, -0.1) is 0 Å². The lowest BCUT2D eigenvalue weighted by molar-refractivity contribution is -0.171. The molecule has 0 aliphatic rings. The van der Waals surface area contributed by atoms with Gasteiger partial charge in [-0.05, 0) is 60.2 Å². The van der Waals surface area contributed by atoms with Crippen molar-refractivity contribution in [2.45, 2.75) is 57.0 Å². The van der Waals surface area contributed by atoms with E-state index >= 15 is 0 Å². The van der Waals surface area contributed by atoms with E-state index in [4.69, 9.17) is 11.6 Å². The average Bonchev–Trinajstić information content (AvgIpc) is 2.81. The zero-order valence-corrected chi connectivity index (χ0v) is 20.2. The molecule has 0 amide bonds. The number of unbranched alkanes of at least 4 members (excludes halogenated alkanes) is 3. The summed E-state index contributed by atoms with van der Waals surface area (Å²) in [4.78, 5) is 35.7. The van der Waals surface area contributed by atoms with Crippen LogP contribution in [-0.2, 0) is 30.3 Å². The zero-order valence-electron chi connectivity index (χ0n) is 19.4. The van der Waals surface area contributed by atoms with Gasteiger partial charge in [0.2, 0.25) is 0 Å². The lowest BCUT2D eigenvalue weighted by atomic mass is 9.91. The smallest absolute Gasteiger partial charge is 0.338 e. The third-order valence-electron chi connectivity index (χ3n) is 5.60. The van der Waals surface area contributed by atoms with Crippen molar-refractivity contribution in [3.63, 3.8) is 0 Å². The molecule has 2 aromatic carbocycles. The molecule has 2 aromatic rings. The van der Waals surface area contributed by atoms with E-state index in [9.17, 15) is 23.9 Å². The molecule has 0 radical (unpaired) electrons. The summed E-state index contributed by atoms with van der Waals surface area (Å²) < 4.78 is 22.3. The van der Waals surface area contributed by atoms with Crippen molar-refractivity contribution in [3.05, 3.63) is 58.9 Å². The standard InChI is InChI=1S/C26H30ClFO6/c1-33-24(30)17-26(32,25(31)34-2)16-22(29)8-6-4-3-5-7-18-9-12-20(27)15-23(18)19-10-13-21(28)14-11-19/h9-15,32H,3-8,16-17H2,1-2H3. The molecular formula is C26H30ClFO6. The van der Waals surface area contributed by atoms with E-state index in [1.807, 2.05) is 18.2 Å². The van der Waals surface area contributed by atoms with Crippen LogP contribution < -0.4 is 0 Å². The number of aliphatic hydroxyl groups is 1. The number of hydrogen-bond acceptors (Lipinski definition) is 6. The van der Waals surface area contributed by atoms with Crippen molar-refractivity contribution < 1.29 is 33.4 Å². The van der Waals surface area contributed by atoms with Gasteiger partial charge in [-0.1, -0.05) is 42.6 Å². The Labute approximate surface area is 204 Å². The van der Waals surface area contributed by atoms with Crippen LogP contribution in [0, 0.1) is 5.82 Å². The van der Waals surface area contributed by atoms with E-state index in [2.05, 4.69) is 9.47 Å². The Hall–Kier alpha value is -2.77. The first-order chi connectivity index (χ1) is 16.2. The number of carbonyl (C=O) groups excluding carboxylic acids is 3. The third kappa shape index (κ3) is 8.22. The largest absolute Gasteiger partial charge is 0.469 e. The second-order valence-electron chi connectivity index (χ2n) is 8.21. The first-order valence-corrected chi connectivity index (χ1v) is 11.5. The summed E-state index contributed by atoms with van der Waals surface area (Å²) in [6.45, 7) is 0. The van der Waals surface area contributed by atoms with Gasteiger partial charge < -0.3 is 14.6 Å². The maximum Gasteiger partial charge on any atom is 0.338 e. The highest BCUT2D eigenvalue weighted by atomic mass is 35.5. The normalized spacial score (nSPS) is 12.6. The van der Waals surface area contributed by atoms with Crippen LogP contribution in [0.1, 0.15) is 50.5 Å². The molecule has 0 aliphatic carbocycles. The van der Waals surface area contributed by atoms with Gasteiger partial charge in [-0.3, -0.25) is 9.59 Å². The molecule has 1 unspecified atom stereocenters. The highest BCUT2D eigenvalue weighted by Gasteiger charge is 2.41. The van der Waals surface area contributed by atoms with Crippen LogP contribution in [0.25, 0.3) is 11.1 Å². The molecule has 0 aromatic heterocycles. The molecule has 0 fully saturated rings. The molecule has 1 N–H and O–H groups in total. The van der Waals surface area contributed by atoms with E-state index in [1.165, 1.54) is 12.1 Å². The Morgan fingerprint density at radius 3 is 2.26 bits per heavy atom. The number of halogens is 2. The molecule has 6 nitrogen and oxygen atoms in total. The summed E-state index contributed by atoms with van der Waals surface area (Å²) in [6, 6.07) is 12.0. The summed E-state index contributed by atoms with van der Waals surface area (Å²) >= 11 is 6.16. The van der Waals surface area contributed by atoms with Crippen LogP contribution in [0.4, 0.5) is 4.39 Å². The molecule has 1 atom stereocenters. The van der Waals surface area contributed by atoms with Gasteiger partial charge in [0.25, 0.3) is 0 Å². The summed E-state index contributed by atoms with van der Waals surface area (Å²) in [6.07, 6.45) is 3.00. The maximum absolute atomic E-state index is 13.3. The van der Waals surface area contributed by atoms with Gasteiger partial charge in [0.1, 0.15) is 11.6 Å². The molecule has 0 aliphatic heterocycles. The molecule has 0 saturated heterocycles. The fourth-order valence-electron chi connectivity index (χ4n) is 3.78. The Morgan fingerprint density at radius 1 is 0.941 bits per heavy atom. The minimum Gasteiger partial charge on any atom is -0.469 e. The Bertz CT molecular complexity index is 991. The van der Waals surface area contributed by atoms with Crippen molar-refractivity contribution >= 4 is 29.3 Å². The van der Waals surface area contributed by atoms with Crippen LogP contribution in [0.15, 0.2) is 42.5 Å². The lowest BCUT2D eigenvalue weighted by Gasteiger charge is -2.23. The second kappa shape index (κ2) is 13.2. The number of hydrogen-bond donors (Lipinski definition) is 1. The summed E-state index contributed by atoms with van der Waals surface area (Å²) in [5.74, 6) is -2.46. The molecule has 0 saturated carbocycles. The summed E-state index contributed by atoms with van der Waals surface area (Å²) in [7, 11) is 2.21. The van der Waals surface area contributed by atoms with Crippen LogP contribution >= 0.6 is 11.6 Å². The van der Waals surface area contributed by atoms with E-state index in [1.54, 1.807) is 12.1 Å². The fraction of sp³-hybridized carbons (Fsp3) is 0.423. The molecule has 0 heterocycles. The molecule has 0 bridgehead atoms. The Morgan fingerprint density at radius 2 is 1.62 bits per heavy atom. The molecule has 8 heteroatoms. The van der Waals surface area contributed by atoms with Crippen molar-refractivity contribution in [3.8, 4) is 11.1 Å². The van der Waals surface area contributed by atoms with Crippen molar-refractivity contribution in [1.82, 2.24) is 0 Å². The molecular weight excluding hydrogens is 463 g/mol. The zero-order chi connectivity index (χ0) is 25.1. The average molecular weight is 493 g/mol. The number of methoxy groups -OCH3 is 2. The minimum atomic E-state index is -2.22. The van der Waals surface area contributed by atoms with E-state index in [0.29, 0.717) is 11.4 Å². The SMILES string of the molecule is COC(=O)CC(O)(CC(=O)CCCCCCc1ccc(Cl)cc1-c1ccc(F)cc1)C(=O)OC. The minimum absolute atomic E-state index is 0.183. The third-order valence-corrected chi connectivity index (χ3v) is 5.83. The number of benzene rings is 2. The van der Waals surface area contributed by atoms with Gasteiger partial charge >= 0.3 is 11.9 Å². The number of ether oxygens (including phenoxy) is 2. The van der Waals surface area contributed by atoms with E-state index in [0.717, 1.165) is 56.6 Å². The topological polar surface area (TPSA) is 89.9 Å². The maximum atomic E-state index is 13.3. The highest BCUT2D eigenvalue weighted by molar-refractivity contribution is 6.30. The number of ketones is 1. The van der Waals surface area contributed by atoms with Gasteiger partial charge in [-0.25, -0.2) is 9.18 Å². The first kappa shape index (κ1) is 27.5.